The highest BCUT2D eigenvalue weighted by molar-refractivity contribution is 5.92. The van der Waals surface area contributed by atoms with Crippen LogP contribution in [0.4, 0.5) is 19.1 Å². The summed E-state index contributed by atoms with van der Waals surface area (Å²) in [6.07, 6.45) is 0.0302. The van der Waals surface area contributed by atoms with E-state index in [2.05, 4.69) is 30.8 Å². The van der Waals surface area contributed by atoms with Crippen molar-refractivity contribution in [3.63, 3.8) is 0 Å². The lowest BCUT2D eigenvalue weighted by Crippen LogP contribution is -2.56. The highest BCUT2D eigenvalue weighted by atomic mass is 19.4. The van der Waals surface area contributed by atoms with Crippen LogP contribution in [0, 0.1) is 0 Å². The van der Waals surface area contributed by atoms with E-state index in [1.807, 2.05) is 0 Å². The number of benzene rings is 1. The molecule has 1 aromatic carbocycles. The van der Waals surface area contributed by atoms with E-state index >= 15 is 0 Å². The largest absolute Gasteiger partial charge is 0.508 e. The Hall–Kier alpha value is -2.85. The lowest BCUT2D eigenvalue weighted by molar-refractivity contribution is -0.137. The fraction of sp³-hybridized carbons (Fsp3) is 0.579. The number of piperidine rings is 1. The molecule has 8 nitrogen and oxygen atoms in total. The lowest BCUT2D eigenvalue weighted by atomic mass is 9.91. The van der Waals surface area contributed by atoms with Gasteiger partial charge in [-0.15, -0.1) is 0 Å². The number of carbonyl (C=O) groups is 1. The predicted octanol–water partition coefficient (Wildman–Crippen LogP) is 2.27. The van der Waals surface area contributed by atoms with Crippen molar-refractivity contribution in [2.45, 2.75) is 68.2 Å². The topological polar surface area (TPSA) is 107 Å². The molecule has 0 unspecified atom stereocenters. The molecule has 3 atom stereocenters. The number of H-pyrrole nitrogens is 1. The van der Waals surface area contributed by atoms with Crippen molar-refractivity contribution in [1.82, 2.24) is 25.9 Å². The number of hydrogen-bond acceptors (Lipinski definition) is 6. The molecule has 1 saturated carbocycles. The van der Waals surface area contributed by atoms with Crippen LogP contribution in [0.15, 0.2) is 18.2 Å². The first kappa shape index (κ1) is 19.1. The molecule has 3 heterocycles. The predicted molar refractivity (Wildman–Crippen MR) is 98.7 cm³/mol. The van der Waals surface area contributed by atoms with E-state index < -0.39 is 22.9 Å². The summed E-state index contributed by atoms with van der Waals surface area (Å²) in [6, 6.07) is 3.11. The number of aromatic amines is 1. The Bertz CT molecular complexity index is 960. The lowest BCUT2D eigenvalue weighted by Gasteiger charge is -2.40. The number of phenolic OH excluding ortho intramolecular Hbond substituents is 1. The molecule has 1 amide bonds. The van der Waals surface area contributed by atoms with Gasteiger partial charge in [-0.3, -0.25) is 4.79 Å². The molecular formula is C19H21F3N6O2. The number of alkyl halides is 3. The quantitative estimate of drug-likeness (QED) is 0.698. The second kappa shape index (κ2) is 6.58. The van der Waals surface area contributed by atoms with Crippen LogP contribution >= 0.6 is 0 Å². The van der Waals surface area contributed by atoms with Crippen LogP contribution in [0.25, 0.3) is 0 Å². The average molecular weight is 422 g/mol. The molecule has 2 bridgehead atoms. The van der Waals surface area contributed by atoms with Crippen molar-refractivity contribution in [2.75, 3.05) is 4.90 Å². The Morgan fingerprint density at radius 2 is 2.00 bits per heavy atom. The zero-order valence-corrected chi connectivity index (χ0v) is 16.0. The van der Waals surface area contributed by atoms with Gasteiger partial charge in [0.15, 0.2) is 0 Å². The van der Waals surface area contributed by atoms with Gasteiger partial charge in [-0.05, 0) is 61.1 Å². The number of carbonyl (C=O) groups excluding carboxylic acids is 1. The Morgan fingerprint density at radius 1 is 1.23 bits per heavy atom. The summed E-state index contributed by atoms with van der Waals surface area (Å²) in [4.78, 5) is 15.3. The second-order valence-corrected chi connectivity index (χ2v) is 8.40. The molecule has 1 aromatic heterocycles. The van der Waals surface area contributed by atoms with E-state index in [0.717, 1.165) is 31.7 Å². The van der Waals surface area contributed by atoms with E-state index in [1.54, 1.807) is 0 Å². The summed E-state index contributed by atoms with van der Waals surface area (Å²) in [7, 11) is 0. The fourth-order valence-electron chi connectivity index (χ4n) is 5.08. The summed E-state index contributed by atoms with van der Waals surface area (Å²) in [5.74, 6) is -0.150. The zero-order chi connectivity index (χ0) is 21.1. The first-order valence-electron chi connectivity index (χ1n) is 10.0. The first-order valence-corrected chi connectivity index (χ1v) is 10.0. The van der Waals surface area contributed by atoms with Gasteiger partial charge in [0.25, 0.3) is 0 Å². The standard InChI is InChI=1S/C19H21F3N6O2/c20-19(21,22)10-1-4-12(15(29)9-10)18(7-8-18)16(30)23-13-5-2-11-3-6-14(13)28(11)17-24-26-27-25-17/h1,4,9,11,13-14,29H,2-3,5-8H2,(H,23,30)(H,24,25,26,27)/t11-,13+,14-/m1/s1. The van der Waals surface area contributed by atoms with Crippen LogP contribution in [0.3, 0.4) is 0 Å². The van der Waals surface area contributed by atoms with E-state index in [-0.39, 0.29) is 23.6 Å². The fourth-order valence-corrected chi connectivity index (χ4v) is 5.08. The molecule has 11 heteroatoms. The smallest absolute Gasteiger partial charge is 0.416 e. The van der Waals surface area contributed by atoms with E-state index in [9.17, 15) is 23.1 Å². The van der Waals surface area contributed by atoms with Crippen LogP contribution in [0.2, 0.25) is 0 Å². The number of aromatic nitrogens is 4. The van der Waals surface area contributed by atoms with Crippen molar-refractivity contribution in [1.29, 1.82) is 0 Å². The van der Waals surface area contributed by atoms with Crippen molar-refractivity contribution in [3.05, 3.63) is 29.3 Å². The molecule has 0 radical (unpaired) electrons. The number of hydrogen-bond donors (Lipinski definition) is 3. The molecule has 5 rings (SSSR count). The number of anilines is 1. The third kappa shape index (κ3) is 2.98. The van der Waals surface area contributed by atoms with Crippen LogP contribution in [0.5, 0.6) is 5.75 Å². The van der Waals surface area contributed by atoms with Crippen molar-refractivity contribution < 1.29 is 23.1 Å². The van der Waals surface area contributed by atoms with Gasteiger partial charge >= 0.3 is 6.18 Å². The zero-order valence-electron chi connectivity index (χ0n) is 16.0. The number of aromatic hydroxyl groups is 1. The number of halogens is 3. The number of phenols is 1. The molecule has 2 saturated heterocycles. The number of nitrogens with zero attached hydrogens (tertiary/aromatic N) is 4. The number of tetrazole rings is 1. The maximum absolute atomic E-state index is 13.2. The summed E-state index contributed by atoms with van der Waals surface area (Å²) < 4.78 is 38.7. The van der Waals surface area contributed by atoms with Crippen molar-refractivity contribution in [2.24, 2.45) is 0 Å². The highest BCUT2D eigenvalue weighted by Gasteiger charge is 2.54. The minimum Gasteiger partial charge on any atom is -0.508 e. The number of rotatable bonds is 4. The van der Waals surface area contributed by atoms with Gasteiger partial charge in [0.05, 0.1) is 17.0 Å². The first-order chi connectivity index (χ1) is 14.3. The normalized spacial score (nSPS) is 27.2. The maximum atomic E-state index is 13.2. The second-order valence-electron chi connectivity index (χ2n) is 8.40. The molecule has 3 fully saturated rings. The van der Waals surface area contributed by atoms with E-state index in [0.29, 0.717) is 30.9 Å². The van der Waals surface area contributed by atoms with Gasteiger partial charge in [-0.1, -0.05) is 11.2 Å². The Kier molecular flexibility index (Phi) is 4.19. The van der Waals surface area contributed by atoms with Crippen molar-refractivity contribution in [3.8, 4) is 5.75 Å². The number of amides is 1. The number of fused-ring (bicyclic) bond motifs is 2. The minimum atomic E-state index is -4.55. The van der Waals surface area contributed by atoms with Gasteiger partial charge in [-0.2, -0.15) is 13.2 Å². The van der Waals surface area contributed by atoms with Crippen LogP contribution in [-0.2, 0) is 16.4 Å². The van der Waals surface area contributed by atoms with E-state index in [4.69, 9.17) is 0 Å². The van der Waals surface area contributed by atoms with Crippen molar-refractivity contribution >= 4 is 11.9 Å². The molecular weight excluding hydrogens is 401 g/mol. The summed E-state index contributed by atoms with van der Waals surface area (Å²) in [6.45, 7) is 0. The van der Waals surface area contributed by atoms with Gasteiger partial charge in [0.1, 0.15) is 5.75 Å². The maximum Gasteiger partial charge on any atom is 0.416 e. The Labute approximate surface area is 169 Å². The molecule has 2 aromatic rings. The molecule has 30 heavy (non-hydrogen) atoms. The molecule has 0 spiro atoms. The summed E-state index contributed by atoms with van der Waals surface area (Å²) in [5, 5.41) is 27.5. The molecule has 160 valence electrons. The molecule has 3 aliphatic rings. The number of nitrogens with one attached hydrogen (secondary N) is 2. The monoisotopic (exact) mass is 422 g/mol. The van der Waals surface area contributed by atoms with Gasteiger partial charge in [0, 0.05) is 17.6 Å². The van der Waals surface area contributed by atoms with E-state index in [1.165, 1.54) is 6.07 Å². The van der Waals surface area contributed by atoms with Gasteiger partial charge < -0.3 is 15.3 Å². The van der Waals surface area contributed by atoms with Crippen LogP contribution < -0.4 is 10.2 Å². The molecule has 1 aliphatic carbocycles. The SMILES string of the molecule is O=C(N[C@H]1CC[C@@H]2CC[C@H]1N2c1nnn[nH]1)C1(c2ccc(C(F)(F)F)cc2O)CC1. The van der Waals surface area contributed by atoms with Crippen LogP contribution in [0.1, 0.15) is 49.7 Å². The third-order valence-electron chi connectivity index (χ3n) is 6.74. The third-order valence-corrected chi connectivity index (χ3v) is 6.74. The summed E-state index contributed by atoms with van der Waals surface area (Å²) in [5.41, 5.74) is -1.65. The Morgan fingerprint density at radius 3 is 2.63 bits per heavy atom. The van der Waals surface area contributed by atoms with Gasteiger partial charge in [-0.25, -0.2) is 5.10 Å². The Balaban J connectivity index is 1.35. The van der Waals surface area contributed by atoms with Crippen LogP contribution in [-0.4, -0.2) is 49.8 Å². The average Bonchev–Trinajstić information content (AvgIpc) is 3.19. The highest BCUT2D eigenvalue weighted by Crippen LogP contribution is 2.52. The minimum absolute atomic E-state index is 0.0550. The molecule has 3 N–H and O–H groups in total. The van der Waals surface area contributed by atoms with Gasteiger partial charge in [0.2, 0.25) is 11.9 Å². The summed E-state index contributed by atoms with van der Waals surface area (Å²) >= 11 is 0. The molecule has 2 aliphatic heterocycles.